The molecule has 9 nitrogen and oxygen atoms in total. The van der Waals surface area contributed by atoms with Gasteiger partial charge in [-0.05, 0) is 37.5 Å². The summed E-state index contributed by atoms with van der Waals surface area (Å²) in [4.78, 5) is 31.0. The van der Waals surface area contributed by atoms with Gasteiger partial charge in [0.15, 0.2) is 5.82 Å². The van der Waals surface area contributed by atoms with E-state index in [9.17, 15) is 14.7 Å². The molecule has 2 N–H and O–H groups in total. The Morgan fingerprint density at radius 2 is 1.81 bits per heavy atom. The largest absolute Gasteiger partial charge is 0.390 e. The number of nitrogens with one attached hydrogen (secondary N) is 1. The van der Waals surface area contributed by atoms with Gasteiger partial charge in [-0.2, -0.15) is 9.50 Å². The van der Waals surface area contributed by atoms with Crippen molar-refractivity contribution in [1.82, 2.24) is 19.2 Å². The van der Waals surface area contributed by atoms with Crippen molar-refractivity contribution in [2.75, 3.05) is 18.5 Å². The molecule has 0 radical (unpaired) electrons. The van der Waals surface area contributed by atoms with Crippen LogP contribution in [-0.4, -0.2) is 49.5 Å². The van der Waals surface area contributed by atoms with E-state index in [0.717, 1.165) is 16.7 Å². The molecule has 1 amide bonds. The van der Waals surface area contributed by atoms with Crippen LogP contribution >= 0.6 is 0 Å². The Morgan fingerprint density at radius 3 is 2.43 bits per heavy atom. The molecule has 5 rings (SSSR count). The van der Waals surface area contributed by atoms with Crippen LogP contribution in [0, 0.1) is 13.8 Å². The fourth-order valence-corrected chi connectivity index (χ4v) is 4.88. The molecular weight excluding hydrogens is 470 g/mol. The summed E-state index contributed by atoms with van der Waals surface area (Å²) in [6.45, 7) is 8.53. The second-order valence-electron chi connectivity index (χ2n) is 9.94. The number of aliphatic hydroxyl groups is 1. The summed E-state index contributed by atoms with van der Waals surface area (Å²) in [5.41, 5.74) is 4.57. The number of aliphatic hydroxyl groups excluding tert-OH is 1. The first-order valence-corrected chi connectivity index (χ1v) is 12.5. The molecule has 37 heavy (non-hydrogen) atoms. The van der Waals surface area contributed by atoms with E-state index in [2.05, 4.69) is 15.4 Å². The third-order valence-corrected chi connectivity index (χ3v) is 6.91. The molecule has 0 unspecified atom stereocenters. The monoisotopic (exact) mass is 501 g/mol. The molecule has 1 saturated heterocycles. The topological polar surface area (TPSA) is 111 Å². The highest BCUT2D eigenvalue weighted by atomic mass is 16.5. The molecule has 192 valence electrons. The van der Waals surface area contributed by atoms with Crippen LogP contribution in [0.5, 0.6) is 0 Å². The van der Waals surface area contributed by atoms with Crippen molar-refractivity contribution in [2.24, 2.45) is 0 Å². The molecule has 4 aromatic rings. The van der Waals surface area contributed by atoms with Gasteiger partial charge in [0.2, 0.25) is 11.7 Å². The quantitative estimate of drug-likeness (QED) is 0.419. The van der Waals surface area contributed by atoms with Gasteiger partial charge in [0.1, 0.15) is 6.54 Å². The molecule has 0 aliphatic carbocycles. The molecule has 0 spiro atoms. The SMILES string of the molecule is Cc1ccc(NC(=O)Cn2c(C)c(C(C)C)c(=O)n3nc(-c4ccc([C@@H]5COC[C@H]5O)cc4)nc23)cc1. The lowest BCUT2D eigenvalue weighted by Gasteiger charge is -2.17. The first-order valence-electron chi connectivity index (χ1n) is 12.5. The molecule has 1 aliphatic rings. The van der Waals surface area contributed by atoms with E-state index >= 15 is 0 Å². The minimum atomic E-state index is -0.523. The summed E-state index contributed by atoms with van der Waals surface area (Å²) in [6.07, 6.45) is -0.523. The van der Waals surface area contributed by atoms with Crippen molar-refractivity contribution in [3.63, 3.8) is 0 Å². The zero-order valence-corrected chi connectivity index (χ0v) is 21.4. The van der Waals surface area contributed by atoms with Crippen LogP contribution in [0.1, 0.15) is 48.1 Å². The molecule has 3 heterocycles. The van der Waals surface area contributed by atoms with Crippen molar-refractivity contribution in [3.8, 4) is 11.4 Å². The molecule has 0 bridgehead atoms. The molecular formula is C28H31N5O4. The molecule has 2 aromatic carbocycles. The molecule has 1 aliphatic heterocycles. The summed E-state index contributed by atoms with van der Waals surface area (Å²) in [5.74, 6) is 0.347. The van der Waals surface area contributed by atoms with Crippen LogP contribution < -0.4 is 10.9 Å². The lowest BCUT2D eigenvalue weighted by Crippen LogP contribution is -2.29. The molecule has 2 atom stereocenters. The Bertz CT molecular complexity index is 1500. The van der Waals surface area contributed by atoms with E-state index in [1.807, 2.05) is 76.2 Å². The number of nitrogens with zero attached hydrogens (tertiary/aromatic N) is 4. The lowest BCUT2D eigenvalue weighted by atomic mass is 9.95. The fourth-order valence-electron chi connectivity index (χ4n) is 4.88. The number of amides is 1. The average Bonchev–Trinajstić information content (AvgIpc) is 3.50. The third-order valence-electron chi connectivity index (χ3n) is 6.91. The van der Waals surface area contributed by atoms with E-state index in [-0.39, 0.29) is 29.8 Å². The van der Waals surface area contributed by atoms with Crippen molar-refractivity contribution < 1.29 is 14.6 Å². The molecule has 9 heteroatoms. The number of benzene rings is 2. The molecule has 2 aromatic heterocycles. The summed E-state index contributed by atoms with van der Waals surface area (Å²) >= 11 is 0. The van der Waals surface area contributed by atoms with Crippen molar-refractivity contribution in [3.05, 3.63) is 81.3 Å². The second kappa shape index (κ2) is 9.91. The number of hydrogen-bond donors (Lipinski definition) is 2. The van der Waals surface area contributed by atoms with Gasteiger partial charge in [0, 0.05) is 28.4 Å². The second-order valence-corrected chi connectivity index (χ2v) is 9.94. The maximum atomic E-state index is 13.4. The number of aromatic nitrogens is 4. The number of ether oxygens (including phenoxy) is 1. The van der Waals surface area contributed by atoms with Gasteiger partial charge < -0.3 is 19.7 Å². The molecule has 1 fully saturated rings. The standard InChI is InChI=1S/C28H31N5O4/c1-16(2)25-18(4)32(13-24(35)29-21-11-5-17(3)6-12-21)28-30-26(31-33(28)27(25)36)20-9-7-19(8-10-20)22-14-37-15-23(22)34/h5-12,16,22-23,34H,13-15H2,1-4H3,(H,29,35)/t22-,23+/m0/s1. The highest BCUT2D eigenvalue weighted by Gasteiger charge is 2.28. The maximum absolute atomic E-state index is 13.4. The van der Waals surface area contributed by atoms with Crippen LogP contribution in [0.25, 0.3) is 17.2 Å². The van der Waals surface area contributed by atoms with Gasteiger partial charge in [-0.1, -0.05) is 55.8 Å². The van der Waals surface area contributed by atoms with Gasteiger partial charge in [0.25, 0.3) is 5.56 Å². The number of anilines is 1. The zero-order valence-electron chi connectivity index (χ0n) is 21.4. The Morgan fingerprint density at radius 1 is 1.11 bits per heavy atom. The highest BCUT2D eigenvalue weighted by Crippen LogP contribution is 2.28. The normalized spacial score (nSPS) is 17.6. The van der Waals surface area contributed by atoms with Crippen LogP contribution in [0.3, 0.4) is 0 Å². The average molecular weight is 502 g/mol. The minimum absolute atomic E-state index is 0.0140. The third kappa shape index (κ3) is 4.80. The number of rotatable bonds is 6. The number of fused-ring (bicyclic) bond motifs is 1. The summed E-state index contributed by atoms with van der Waals surface area (Å²) in [6, 6.07) is 15.2. The van der Waals surface area contributed by atoms with Gasteiger partial charge >= 0.3 is 0 Å². The van der Waals surface area contributed by atoms with Crippen LogP contribution in [0.2, 0.25) is 0 Å². The van der Waals surface area contributed by atoms with E-state index < -0.39 is 6.10 Å². The Labute approximate surface area is 214 Å². The van der Waals surface area contributed by atoms with Crippen molar-refractivity contribution in [1.29, 1.82) is 0 Å². The maximum Gasteiger partial charge on any atom is 0.279 e. The predicted octanol–water partition coefficient (Wildman–Crippen LogP) is 3.41. The first kappa shape index (κ1) is 24.9. The lowest BCUT2D eigenvalue weighted by molar-refractivity contribution is -0.116. The summed E-state index contributed by atoms with van der Waals surface area (Å²) in [5, 5.41) is 17.6. The summed E-state index contributed by atoms with van der Waals surface area (Å²) < 4.78 is 8.41. The fraction of sp³-hybridized carbons (Fsp3) is 0.357. The highest BCUT2D eigenvalue weighted by molar-refractivity contribution is 5.90. The van der Waals surface area contributed by atoms with E-state index in [1.54, 1.807) is 4.57 Å². The van der Waals surface area contributed by atoms with E-state index in [1.165, 1.54) is 4.52 Å². The van der Waals surface area contributed by atoms with Gasteiger partial charge in [0.05, 0.1) is 19.3 Å². The zero-order chi connectivity index (χ0) is 26.3. The Kier molecular flexibility index (Phi) is 6.66. The number of aryl methyl sites for hydroxylation is 1. The summed E-state index contributed by atoms with van der Waals surface area (Å²) in [7, 11) is 0. The first-order chi connectivity index (χ1) is 17.7. The molecule has 0 saturated carbocycles. The van der Waals surface area contributed by atoms with Gasteiger partial charge in [-0.25, -0.2) is 0 Å². The van der Waals surface area contributed by atoms with Gasteiger partial charge in [-0.15, -0.1) is 5.10 Å². The van der Waals surface area contributed by atoms with Crippen molar-refractivity contribution in [2.45, 2.75) is 52.2 Å². The van der Waals surface area contributed by atoms with Crippen LogP contribution in [0.4, 0.5) is 5.69 Å². The Hall–Kier alpha value is -3.82. The van der Waals surface area contributed by atoms with Crippen LogP contribution in [-0.2, 0) is 16.1 Å². The van der Waals surface area contributed by atoms with Crippen molar-refractivity contribution >= 4 is 17.4 Å². The van der Waals surface area contributed by atoms with Crippen LogP contribution in [0.15, 0.2) is 53.3 Å². The number of carbonyl (C=O) groups excluding carboxylic acids is 1. The number of hydrogen-bond acceptors (Lipinski definition) is 6. The van der Waals surface area contributed by atoms with E-state index in [4.69, 9.17) is 4.74 Å². The predicted molar refractivity (Wildman–Crippen MR) is 141 cm³/mol. The number of carbonyl (C=O) groups is 1. The Balaban J connectivity index is 1.52. The van der Waals surface area contributed by atoms with Gasteiger partial charge in [-0.3, -0.25) is 9.59 Å². The van der Waals surface area contributed by atoms with E-state index in [0.29, 0.717) is 41.8 Å². The smallest absolute Gasteiger partial charge is 0.279 e. The minimum Gasteiger partial charge on any atom is -0.390 e.